The second-order valence-corrected chi connectivity index (χ2v) is 8.93. The van der Waals surface area contributed by atoms with Crippen LogP contribution < -0.4 is 10.6 Å². The van der Waals surface area contributed by atoms with Crippen LogP contribution in [0.4, 0.5) is 28.7 Å². The number of hydrogen-bond acceptors (Lipinski definition) is 8. The van der Waals surface area contributed by atoms with Crippen molar-refractivity contribution in [2.24, 2.45) is 17.8 Å². The molecule has 0 aliphatic heterocycles. The molecule has 10 heteroatoms. The second-order valence-electron chi connectivity index (χ2n) is 8.93. The number of nitro benzene ring substituents is 1. The van der Waals surface area contributed by atoms with E-state index in [2.05, 4.69) is 20.6 Å². The van der Waals surface area contributed by atoms with Gasteiger partial charge < -0.3 is 10.6 Å². The Morgan fingerprint density at radius 2 is 1.57 bits per heavy atom. The number of non-ortho nitro benzene ring substituents is 1. The standard InChI is InChI=1S/C20H22N6O4/c27-25(28)16-3-1-2-15(7-16)23-18-17(26(29)30)19(22-11-21-18)24-20-8-12-4-13(9-20)6-14(5-12)10-20/h1-3,7,11-14H,4-6,8-10H2,(H2,21,22,23,24). The molecule has 6 rings (SSSR count). The van der Waals surface area contributed by atoms with E-state index in [9.17, 15) is 20.2 Å². The largest absolute Gasteiger partial charge is 0.359 e. The third-order valence-corrected chi connectivity index (χ3v) is 6.75. The summed E-state index contributed by atoms with van der Waals surface area (Å²) in [5.41, 5.74) is -0.133. The van der Waals surface area contributed by atoms with Crippen LogP contribution in [0.3, 0.4) is 0 Å². The van der Waals surface area contributed by atoms with Gasteiger partial charge in [-0.15, -0.1) is 0 Å². The van der Waals surface area contributed by atoms with Crippen LogP contribution in [0.2, 0.25) is 0 Å². The summed E-state index contributed by atoms with van der Waals surface area (Å²) in [6, 6.07) is 5.80. The Labute approximate surface area is 172 Å². The lowest BCUT2D eigenvalue weighted by Gasteiger charge is -2.57. The van der Waals surface area contributed by atoms with E-state index >= 15 is 0 Å². The van der Waals surface area contributed by atoms with Crippen LogP contribution in [-0.2, 0) is 0 Å². The molecule has 30 heavy (non-hydrogen) atoms. The van der Waals surface area contributed by atoms with Crippen LogP contribution in [0.15, 0.2) is 30.6 Å². The maximum atomic E-state index is 11.9. The molecule has 0 spiro atoms. The lowest BCUT2D eigenvalue weighted by Crippen LogP contribution is -2.55. The molecule has 10 nitrogen and oxygen atoms in total. The molecule has 0 atom stereocenters. The first-order valence-corrected chi connectivity index (χ1v) is 10.2. The number of benzene rings is 1. The van der Waals surface area contributed by atoms with Crippen molar-refractivity contribution in [2.45, 2.75) is 44.1 Å². The van der Waals surface area contributed by atoms with Gasteiger partial charge >= 0.3 is 5.69 Å². The van der Waals surface area contributed by atoms with Crippen LogP contribution >= 0.6 is 0 Å². The van der Waals surface area contributed by atoms with Crippen molar-refractivity contribution >= 4 is 28.7 Å². The van der Waals surface area contributed by atoms with E-state index in [4.69, 9.17) is 0 Å². The number of nitrogens with one attached hydrogen (secondary N) is 2. The Morgan fingerprint density at radius 3 is 2.17 bits per heavy atom. The number of nitrogens with zero attached hydrogens (tertiary/aromatic N) is 4. The molecular weight excluding hydrogens is 388 g/mol. The van der Waals surface area contributed by atoms with E-state index in [1.165, 1.54) is 43.8 Å². The van der Waals surface area contributed by atoms with E-state index in [-0.39, 0.29) is 28.5 Å². The Morgan fingerprint density at radius 1 is 0.933 bits per heavy atom. The molecule has 0 amide bonds. The molecule has 1 aromatic carbocycles. The van der Waals surface area contributed by atoms with E-state index in [0.717, 1.165) is 19.3 Å². The molecule has 2 aromatic rings. The minimum atomic E-state index is -0.514. The van der Waals surface area contributed by atoms with Crippen LogP contribution in [0, 0.1) is 38.0 Å². The van der Waals surface area contributed by atoms with Gasteiger partial charge in [0.2, 0.25) is 11.6 Å². The molecule has 156 valence electrons. The first-order valence-electron chi connectivity index (χ1n) is 10.2. The number of aromatic nitrogens is 2. The smallest absolute Gasteiger partial charge is 0.353 e. The van der Waals surface area contributed by atoms with Gasteiger partial charge in [0.25, 0.3) is 5.69 Å². The molecule has 2 N–H and O–H groups in total. The van der Waals surface area contributed by atoms with Gasteiger partial charge in [-0.25, -0.2) is 9.97 Å². The normalized spacial score (nSPS) is 28.9. The van der Waals surface area contributed by atoms with Crippen LogP contribution in [-0.4, -0.2) is 25.4 Å². The van der Waals surface area contributed by atoms with E-state index < -0.39 is 9.85 Å². The minimum Gasteiger partial charge on any atom is -0.359 e. The predicted molar refractivity (Wildman–Crippen MR) is 110 cm³/mol. The van der Waals surface area contributed by atoms with Gasteiger partial charge in [-0.1, -0.05) is 6.07 Å². The lowest BCUT2D eigenvalue weighted by molar-refractivity contribution is -0.384. The molecule has 0 radical (unpaired) electrons. The Hall–Kier alpha value is -3.30. The Bertz CT molecular complexity index is 991. The predicted octanol–water partition coefficient (Wildman–Crippen LogP) is 4.42. The van der Waals surface area contributed by atoms with Crippen molar-refractivity contribution in [3.63, 3.8) is 0 Å². The van der Waals surface area contributed by atoms with Gasteiger partial charge in [-0.2, -0.15) is 0 Å². The van der Waals surface area contributed by atoms with Crippen molar-refractivity contribution in [1.29, 1.82) is 0 Å². The summed E-state index contributed by atoms with van der Waals surface area (Å²) in [7, 11) is 0. The average Bonchev–Trinajstić information content (AvgIpc) is 2.66. The monoisotopic (exact) mass is 410 g/mol. The highest BCUT2D eigenvalue weighted by Gasteiger charge is 2.51. The third-order valence-electron chi connectivity index (χ3n) is 6.75. The zero-order valence-corrected chi connectivity index (χ0v) is 16.3. The Balaban J connectivity index is 1.46. The maximum Gasteiger partial charge on any atom is 0.353 e. The molecule has 0 unspecified atom stereocenters. The zero-order chi connectivity index (χ0) is 20.9. The first kappa shape index (κ1) is 18.7. The quantitative estimate of drug-likeness (QED) is 0.527. The highest BCUT2D eigenvalue weighted by molar-refractivity contribution is 5.74. The summed E-state index contributed by atoms with van der Waals surface area (Å²) in [6.45, 7) is 0. The molecule has 4 aliphatic carbocycles. The first-order chi connectivity index (χ1) is 14.4. The second kappa shape index (κ2) is 6.89. The number of hydrogen-bond donors (Lipinski definition) is 2. The van der Waals surface area contributed by atoms with Crippen molar-refractivity contribution in [3.05, 3.63) is 50.8 Å². The fraction of sp³-hybridized carbons (Fsp3) is 0.500. The molecular formula is C20H22N6O4. The molecule has 4 aliphatic rings. The SMILES string of the molecule is O=[N+]([O-])c1cccc(Nc2ncnc(NC34CC5CC(CC(C5)C3)C4)c2[N+](=O)[O-])c1. The molecule has 4 saturated carbocycles. The van der Waals surface area contributed by atoms with Gasteiger partial charge in [0.05, 0.1) is 9.85 Å². The number of anilines is 3. The van der Waals surface area contributed by atoms with Crippen LogP contribution in [0.1, 0.15) is 38.5 Å². The molecule has 0 saturated heterocycles. The van der Waals surface area contributed by atoms with Crippen molar-refractivity contribution in [2.75, 3.05) is 10.6 Å². The van der Waals surface area contributed by atoms with Crippen molar-refractivity contribution < 1.29 is 9.85 Å². The summed E-state index contributed by atoms with van der Waals surface area (Å²) < 4.78 is 0. The average molecular weight is 410 g/mol. The molecule has 1 aromatic heterocycles. The van der Waals surface area contributed by atoms with Gasteiger partial charge in [-0.3, -0.25) is 20.2 Å². The molecule has 4 bridgehead atoms. The summed E-state index contributed by atoms with van der Waals surface area (Å²) in [6.07, 6.45) is 8.16. The number of rotatable bonds is 6. The van der Waals surface area contributed by atoms with E-state index in [0.29, 0.717) is 23.4 Å². The van der Waals surface area contributed by atoms with Gasteiger partial charge in [0.15, 0.2) is 0 Å². The van der Waals surface area contributed by atoms with Gasteiger partial charge in [-0.05, 0) is 62.3 Å². The summed E-state index contributed by atoms with van der Waals surface area (Å²) in [5, 5.41) is 29.3. The zero-order valence-electron chi connectivity index (χ0n) is 16.3. The third kappa shape index (κ3) is 3.31. The summed E-state index contributed by atoms with van der Waals surface area (Å²) in [5.74, 6) is 2.29. The van der Waals surface area contributed by atoms with Crippen LogP contribution in [0.5, 0.6) is 0 Å². The minimum absolute atomic E-state index is 0.0164. The van der Waals surface area contributed by atoms with Crippen LogP contribution in [0.25, 0.3) is 0 Å². The van der Waals surface area contributed by atoms with E-state index in [1.807, 2.05) is 0 Å². The lowest BCUT2D eigenvalue weighted by atomic mass is 9.53. The summed E-state index contributed by atoms with van der Waals surface area (Å²) >= 11 is 0. The number of nitro groups is 2. The fourth-order valence-corrected chi connectivity index (χ4v) is 6.08. The Kier molecular flexibility index (Phi) is 4.30. The topological polar surface area (TPSA) is 136 Å². The fourth-order valence-electron chi connectivity index (χ4n) is 6.08. The maximum absolute atomic E-state index is 11.9. The molecule has 4 fully saturated rings. The van der Waals surface area contributed by atoms with Crippen molar-refractivity contribution in [1.82, 2.24) is 9.97 Å². The van der Waals surface area contributed by atoms with Gasteiger partial charge in [0, 0.05) is 23.4 Å². The van der Waals surface area contributed by atoms with E-state index in [1.54, 1.807) is 6.07 Å². The highest BCUT2D eigenvalue weighted by Crippen LogP contribution is 2.57. The van der Waals surface area contributed by atoms with Crippen molar-refractivity contribution in [3.8, 4) is 0 Å². The van der Waals surface area contributed by atoms with Gasteiger partial charge in [0.1, 0.15) is 6.33 Å². The summed E-state index contributed by atoms with van der Waals surface area (Å²) in [4.78, 5) is 30.2. The highest BCUT2D eigenvalue weighted by atomic mass is 16.6. The molecule has 1 heterocycles.